The smallest absolute Gasteiger partial charge is 0.254 e. The standard InChI is InChI=1S/C15H22N2O3.ClH/c1-19-13-5-3-4-11(8-13)15(18)17-7-6-14(20-2)9-12(17)10-16;/h3-5,8,12,14H,6-7,9-10,16H2,1-2H3;1H. The number of carbonyl (C=O) groups excluding carboxylic acids is 1. The average Bonchev–Trinajstić information content (AvgIpc) is 2.53. The van der Waals surface area contributed by atoms with E-state index >= 15 is 0 Å². The predicted octanol–water partition coefficient (Wildman–Crippen LogP) is 1.70. The molecule has 2 N–H and O–H groups in total. The van der Waals surface area contributed by atoms with E-state index < -0.39 is 0 Å². The van der Waals surface area contributed by atoms with Gasteiger partial charge in [0, 0.05) is 31.8 Å². The minimum absolute atomic E-state index is 0. The Balaban J connectivity index is 0.00000220. The maximum absolute atomic E-state index is 12.6. The normalized spacial score (nSPS) is 21.6. The first-order valence-electron chi connectivity index (χ1n) is 6.87. The van der Waals surface area contributed by atoms with Gasteiger partial charge in [-0.05, 0) is 31.0 Å². The van der Waals surface area contributed by atoms with Gasteiger partial charge in [-0.25, -0.2) is 0 Å². The van der Waals surface area contributed by atoms with Gasteiger partial charge >= 0.3 is 0 Å². The molecule has 5 nitrogen and oxygen atoms in total. The first-order valence-corrected chi connectivity index (χ1v) is 6.87. The number of halogens is 1. The van der Waals surface area contributed by atoms with Crippen molar-refractivity contribution in [2.24, 2.45) is 5.73 Å². The van der Waals surface area contributed by atoms with Gasteiger partial charge < -0.3 is 20.1 Å². The molecule has 1 saturated heterocycles. The quantitative estimate of drug-likeness (QED) is 0.918. The Kier molecular flexibility index (Phi) is 6.95. The van der Waals surface area contributed by atoms with Crippen molar-refractivity contribution in [3.05, 3.63) is 29.8 Å². The molecule has 1 aromatic carbocycles. The van der Waals surface area contributed by atoms with Gasteiger partial charge in [-0.15, -0.1) is 12.4 Å². The van der Waals surface area contributed by atoms with Gasteiger partial charge in [0.2, 0.25) is 0 Å². The molecule has 2 atom stereocenters. The molecule has 1 fully saturated rings. The molecule has 0 aliphatic carbocycles. The Hall–Kier alpha value is -1.30. The van der Waals surface area contributed by atoms with E-state index in [0.29, 0.717) is 24.4 Å². The van der Waals surface area contributed by atoms with E-state index in [2.05, 4.69) is 0 Å². The highest BCUT2D eigenvalue weighted by Crippen LogP contribution is 2.22. The minimum atomic E-state index is 0. The van der Waals surface area contributed by atoms with Crippen LogP contribution in [0.5, 0.6) is 5.75 Å². The molecule has 0 spiro atoms. The van der Waals surface area contributed by atoms with Crippen LogP contribution in [-0.2, 0) is 4.74 Å². The Morgan fingerprint density at radius 1 is 1.43 bits per heavy atom. The van der Waals surface area contributed by atoms with Gasteiger partial charge in [0.1, 0.15) is 5.75 Å². The highest BCUT2D eigenvalue weighted by Gasteiger charge is 2.31. The zero-order valence-corrected chi connectivity index (χ0v) is 13.3. The number of nitrogens with two attached hydrogens (primary N) is 1. The summed E-state index contributed by atoms with van der Waals surface area (Å²) in [6.07, 6.45) is 1.84. The molecule has 1 amide bonds. The third-order valence-electron chi connectivity index (χ3n) is 3.85. The van der Waals surface area contributed by atoms with Crippen LogP contribution in [0, 0.1) is 0 Å². The first-order chi connectivity index (χ1) is 9.69. The summed E-state index contributed by atoms with van der Waals surface area (Å²) >= 11 is 0. The van der Waals surface area contributed by atoms with Crippen LogP contribution in [0.2, 0.25) is 0 Å². The molecule has 2 unspecified atom stereocenters. The fraction of sp³-hybridized carbons (Fsp3) is 0.533. The molecule has 1 aliphatic rings. The van der Waals surface area contributed by atoms with Crippen LogP contribution in [0.25, 0.3) is 0 Å². The molecular weight excluding hydrogens is 292 g/mol. The number of methoxy groups -OCH3 is 2. The summed E-state index contributed by atoms with van der Waals surface area (Å²) in [4.78, 5) is 14.5. The summed E-state index contributed by atoms with van der Waals surface area (Å²) in [6, 6.07) is 7.26. The average molecular weight is 315 g/mol. The topological polar surface area (TPSA) is 64.8 Å². The molecule has 21 heavy (non-hydrogen) atoms. The van der Waals surface area contributed by atoms with Gasteiger partial charge in [-0.2, -0.15) is 0 Å². The van der Waals surface area contributed by atoms with Gasteiger partial charge in [0.15, 0.2) is 0 Å². The molecule has 6 heteroatoms. The summed E-state index contributed by atoms with van der Waals surface area (Å²) < 4.78 is 10.5. The molecule has 2 rings (SSSR count). The monoisotopic (exact) mass is 314 g/mol. The predicted molar refractivity (Wildman–Crippen MR) is 84.2 cm³/mol. The van der Waals surface area contributed by atoms with Crippen molar-refractivity contribution in [2.45, 2.75) is 25.0 Å². The van der Waals surface area contributed by atoms with Crippen LogP contribution >= 0.6 is 12.4 Å². The third kappa shape index (κ3) is 4.09. The van der Waals surface area contributed by atoms with E-state index in [1.807, 2.05) is 17.0 Å². The van der Waals surface area contributed by atoms with E-state index in [9.17, 15) is 4.79 Å². The number of piperidine rings is 1. The number of nitrogens with zero attached hydrogens (tertiary/aromatic N) is 1. The summed E-state index contributed by atoms with van der Waals surface area (Å²) in [7, 11) is 3.30. The zero-order valence-electron chi connectivity index (χ0n) is 12.5. The molecule has 0 bridgehead atoms. The van der Waals surface area contributed by atoms with Crippen LogP contribution in [-0.4, -0.2) is 50.3 Å². The number of carbonyl (C=O) groups is 1. The maximum atomic E-state index is 12.6. The molecule has 1 heterocycles. The van der Waals surface area contributed by atoms with Crippen LogP contribution in [0.4, 0.5) is 0 Å². The van der Waals surface area contributed by atoms with Crippen molar-refractivity contribution < 1.29 is 14.3 Å². The summed E-state index contributed by atoms with van der Waals surface area (Å²) in [6.45, 7) is 1.13. The second-order valence-electron chi connectivity index (χ2n) is 5.00. The lowest BCUT2D eigenvalue weighted by Gasteiger charge is -2.38. The third-order valence-corrected chi connectivity index (χ3v) is 3.85. The van der Waals surface area contributed by atoms with Crippen molar-refractivity contribution in [1.29, 1.82) is 0 Å². The van der Waals surface area contributed by atoms with E-state index in [4.69, 9.17) is 15.2 Å². The number of hydrogen-bond donors (Lipinski definition) is 1. The zero-order chi connectivity index (χ0) is 14.5. The summed E-state index contributed by atoms with van der Waals surface area (Å²) in [5.41, 5.74) is 6.45. The number of benzene rings is 1. The minimum Gasteiger partial charge on any atom is -0.497 e. The van der Waals surface area contributed by atoms with Crippen LogP contribution in [0.3, 0.4) is 0 Å². The lowest BCUT2D eigenvalue weighted by molar-refractivity contribution is 0.0139. The largest absolute Gasteiger partial charge is 0.497 e. The molecule has 1 aromatic rings. The van der Waals surface area contributed by atoms with Gasteiger partial charge in [0.05, 0.1) is 13.2 Å². The number of ether oxygens (including phenoxy) is 2. The van der Waals surface area contributed by atoms with Crippen LogP contribution < -0.4 is 10.5 Å². The fourth-order valence-corrected chi connectivity index (χ4v) is 2.64. The van der Waals surface area contributed by atoms with Crippen molar-refractivity contribution >= 4 is 18.3 Å². The molecule has 1 aliphatic heterocycles. The number of likely N-dealkylation sites (tertiary alicyclic amines) is 1. The summed E-state index contributed by atoms with van der Waals surface area (Å²) in [5, 5.41) is 0. The Labute approximate surface area is 131 Å². The van der Waals surface area contributed by atoms with Crippen molar-refractivity contribution in [2.75, 3.05) is 27.3 Å². The van der Waals surface area contributed by atoms with Gasteiger partial charge in [-0.1, -0.05) is 6.07 Å². The highest BCUT2D eigenvalue weighted by atomic mass is 35.5. The second kappa shape index (κ2) is 8.22. The number of hydrogen-bond acceptors (Lipinski definition) is 4. The van der Waals surface area contributed by atoms with E-state index in [1.54, 1.807) is 26.4 Å². The molecule has 0 aromatic heterocycles. The lowest BCUT2D eigenvalue weighted by Crippen LogP contribution is -2.51. The number of amides is 1. The Morgan fingerprint density at radius 3 is 2.81 bits per heavy atom. The lowest BCUT2D eigenvalue weighted by atomic mass is 9.98. The van der Waals surface area contributed by atoms with E-state index in [1.165, 1.54) is 0 Å². The molecule has 118 valence electrons. The van der Waals surface area contributed by atoms with Gasteiger partial charge in [0.25, 0.3) is 5.91 Å². The Bertz CT molecular complexity index is 470. The second-order valence-corrected chi connectivity index (χ2v) is 5.00. The van der Waals surface area contributed by atoms with Gasteiger partial charge in [-0.3, -0.25) is 4.79 Å². The van der Waals surface area contributed by atoms with E-state index in [-0.39, 0.29) is 30.5 Å². The molecule has 0 saturated carbocycles. The maximum Gasteiger partial charge on any atom is 0.254 e. The number of rotatable bonds is 4. The molecule has 0 radical (unpaired) electrons. The van der Waals surface area contributed by atoms with Crippen molar-refractivity contribution in [1.82, 2.24) is 4.90 Å². The van der Waals surface area contributed by atoms with Crippen LogP contribution in [0.1, 0.15) is 23.2 Å². The molecular formula is C15H23ClN2O3. The van der Waals surface area contributed by atoms with Crippen LogP contribution in [0.15, 0.2) is 24.3 Å². The fourth-order valence-electron chi connectivity index (χ4n) is 2.64. The SMILES string of the molecule is COc1cccc(C(=O)N2CCC(OC)CC2CN)c1.Cl. The van der Waals surface area contributed by atoms with Crippen molar-refractivity contribution in [3.63, 3.8) is 0 Å². The first kappa shape index (κ1) is 17.8. The van der Waals surface area contributed by atoms with Crippen molar-refractivity contribution in [3.8, 4) is 5.75 Å². The summed E-state index contributed by atoms with van der Waals surface area (Å²) in [5.74, 6) is 0.695. The van der Waals surface area contributed by atoms with E-state index in [0.717, 1.165) is 12.8 Å². The highest BCUT2D eigenvalue weighted by molar-refractivity contribution is 5.95. The Morgan fingerprint density at radius 2 is 2.19 bits per heavy atom.